The van der Waals surface area contributed by atoms with Crippen molar-refractivity contribution in [3.63, 3.8) is 0 Å². The number of halogens is 1. The van der Waals surface area contributed by atoms with Crippen LogP contribution >= 0.6 is 0 Å². The van der Waals surface area contributed by atoms with Gasteiger partial charge in [0.2, 0.25) is 5.91 Å². The summed E-state index contributed by atoms with van der Waals surface area (Å²) in [7, 11) is 0. The fourth-order valence-electron chi connectivity index (χ4n) is 3.55. The molecule has 1 N–H and O–H groups in total. The summed E-state index contributed by atoms with van der Waals surface area (Å²) in [6.45, 7) is 3.79. The molecule has 1 aromatic carbocycles. The number of nitrogens with one attached hydrogen (secondary N) is 1. The normalized spacial score (nSPS) is 23.6. The van der Waals surface area contributed by atoms with Gasteiger partial charge in [-0.1, -0.05) is 29.8 Å². The third kappa shape index (κ3) is 4.30. The molecule has 5 nitrogen and oxygen atoms in total. The minimum Gasteiger partial charge on any atom is -0.341 e. The first-order valence-corrected chi connectivity index (χ1v) is 9.07. The molecular formula is C19H26FN3O2. The number of hydrogen-bond acceptors (Lipinski definition) is 2. The van der Waals surface area contributed by atoms with E-state index in [9.17, 15) is 14.0 Å². The van der Waals surface area contributed by atoms with Crippen molar-refractivity contribution in [2.45, 2.75) is 51.4 Å². The van der Waals surface area contributed by atoms with Crippen LogP contribution in [0.2, 0.25) is 0 Å². The average Bonchev–Trinajstić information content (AvgIpc) is 3.03. The minimum absolute atomic E-state index is 0.00994. The van der Waals surface area contributed by atoms with E-state index in [1.165, 1.54) is 4.90 Å². The number of alkyl halides is 1. The molecule has 25 heavy (non-hydrogen) atoms. The van der Waals surface area contributed by atoms with Gasteiger partial charge in [-0.05, 0) is 31.7 Å². The number of amides is 3. The SMILES string of the molecule is Cc1ccc(CNC(=O)N2C[C@@H](F)C[C@H]2C(=O)N2CCCCC2)cc1. The Morgan fingerprint density at radius 1 is 1.16 bits per heavy atom. The molecule has 0 aliphatic carbocycles. The van der Waals surface area contributed by atoms with Crippen molar-refractivity contribution in [2.75, 3.05) is 19.6 Å². The zero-order valence-corrected chi connectivity index (χ0v) is 14.7. The Morgan fingerprint density at radius 2 is 1.84 bits per heavy atom. The van der Waals surface area contributed by atoms with Crippen LogP contribution in [0.25, 0.3) is 0 Å². The zero-order chi connectivity index (χ0) is 17.8. The number of carbonyl (C=O) groups is 2. The van der Waals surface area contributed by atoms with E-state index in [0.29, 0.717) is 19.6 Å². The lowest BCUT2D eigenvalue weighted by Gasteiger charge is -2.32. The summed E-state index contributed by atoms with van der Waals surface area (Å²) in [6, 6.07) is 6.83. The summed E-state index contributed by atoms with van der Waals surface area (Å²) in [4.78, 5) is 28.4. The number of carbonyl (C=O) groups excluding carboxylic acids is 2. The summed E-state index contributed by atoms with van der Waals surface area (Å²) < 4.78 is 13.9. The molecule has 0 bridgehead atoms. The fraction of sp³-hybridized carbons (Fsp3) is 0.579. The van der Waals surface area contributed by atoms with Gasteiger partial charge in [0.25, 0.3) is 0 Å². The molecule has 3 rings (SSSR count). The van der Waals surface area contributed by atoms with Crippen molar-refractivity contribution in [1.29, 1.82) is 0 Å². The number of piperidine rings is 1. The molecule has 2 atom stereocenters. The maximum Gasteiger partial charge on any atom is 0.318 e. The van der Waals surface area contributed by atoms with Crippen LogP contribution in [0.15, 0.2) is 24.3 Å². The fourth-order valence-corrected chi connectivity index (χ4v) is 3.55. The van der Waals surface area contributed by atoms with E-state index in [2.05, 4.69) is 5.32 Å². The predicted octanol–water partition coefficient (Wildman–Crippen LogP) is 2.63. The maximum absolute atomic E-state index is 13.9. The number of urea groups is 1. The standard InChI is InChI=1S/C19H26FN3O2/c1-14-5-7-15(8-6-14)12-21-19(25)23-13-16(20)11-17(23)18(24)22-9-3-2-4-10-22/h5-8,16-17H,2-4,9-13H2,1H3,(H,21,25)/t16-,17-/m0/s1. The molecule has 2 aliphatic heterocycles. The quantitative estimate of drug-likeness (QED) is 0.914. The Balaban J connectivity index is 1.60. The van der Waals surface area contributed by atoms with E-state index in [0.717, 1.165) is 30.4 Å². The smallest absolute Gasteiger partial charge is 0.318 e. The van der Waals surface area contributed by atoms with Crippen molar-refractivity contribution < 1.29 is 14.0 Å². The molecule has 3 amide bonds. The molecule has 2 aliphatic rings. The average molecular weight is 347 g/mol. The molecular weight excluding hydrogens is 321 g/mol. The molecule has 0 unspecified atom stereocenters. The molecule has 1 aromatic rings. The zero-order valence-electron chi connectivity index (χ0n) is 14.7. The van der Waals surface area contributed by atoms with Crippen molar-refractivity contribution in [3.05, 3.63) is 35.4 Å². The first kappa shape index (κ1) is 17.7. The first-order valence-electron chi connectivity index (χ1n) is 9.07. The van der Waals surface area contributed by atoms with E-state index in [1.807, 2.05) is 31.2 Å². The van der Waals surface area contributed by atoms with Crippen LogP contribution in [0.4, 0.5) is 9.18 Å². The van der Waals surface area contributed by atoms with Gasteiger partial charge in [-0.3, -0.25) is 4.79 Å². The Morgan fingerprint density at radius 3 is 2.52 bits per heavy atom. The van der Waals surface area contributed by atoms with Crippen LogP contribution in [-0.4, -0.2) is 53.6 Å². The number of hydrogen-bond donors (Lipinski definition) is 1. The van der Waals surface area contributed by atoms with Crippen LogP contribution in [0, 0.1) is 6.92 Å². The highest BCUT2D eigenvalue weighted by Crippen LogP contribution is 2.24. The lowest BCUT2D eigenvalue weighted by atomic mass is 10.1. The Hall–Kier alpha value is -2.11. The van der Waals surface area contributed by atoms with E-state index >= 15 is 0 Å². The van der Waals surface area contributed by atoms with E-state index in [4.69, 9.17) is 0 Å². The topological polar surface area (TPSA) is 52.7 Å². The van der Waals surface area contributed by atoms with E-state index in [-0.39, 0.29) is 24.9 Å². The van der Waals surface area contributed by atoms with Gasteiger partial charge in [0.15, 0.2) is 0 Å². The first-order chi connectivity index (χ1) is 12.0. The third-order valence-corrected chi connectivity index (χ3v) is 5.03. The summed E-state index contributed by atoms with van der Waals surface area (Å²) >= 11 is 0. The molecule has 2 saturated heterocycles. The molecule has 0 saturated carbocycles. The van der Waals surface area contributed by atoms with Crippen molar-refractivity contribution in [3.8, 4) is 0 Å². The molecule has 0 spiro atoms. The van der Waals surface area contributed by atoms with Gasteiger partial charge in [-0.25, -0.2) is 9.18 Å². The van der Waals surface area contributed by atoms with Crippen LogP contribution in [0.3, 0.4) is 0 Å². The number of benzene rings is 1. The van der Waals surface area contributed by atoms with Crippen molar-refractivity contribution in [2.24, 2.45) is 0 Å². The molecule has 6 heteroatoms. The Bertz CT molecular complexity index is 614. The lowest BCUT2D eigenvalue weighted by molar-refractivity contribution is -0.136. The van der Waals surface area contributed by atoms with Crippen LogP contribution in [0.1, 0.15) is 36.8 Å². The van der Waals surface area contributed by atoms with E-state index < -0.39 is 12.2 Å². The van der Waals surface area contributed by atoms with Gasteiger partial charge in [-0.2, -0.15) is 0 Å². The third-order valence-electron chi connectivity index (χ3n) is 5.03. The molecule has 136 valence electrons. The highest BCUT2D eigenvalue weighted by molar-refractivity contribution is 5.88. The number of rotatable bonds is 3. The van der Waals surface area contributed by atoms with Crippen molar-refractivity contribution >= 4 is 11.9 Å². The summed E-state index contributed by atoms with van der Waals surface area (Å²) in [6.07, 6.45) is 2.06. The Kier molecular flexibility index (Phi) is 5.56. The second kappa shape index (κ2) is 7.85. The van der Waals surface area contributed by atoms with Crippen molar-refractivity contribution in [1.82, 2.24) is 15.1 Å². The number of aryl methyl sites for hydroxylation is 1. The number of nitrogens with zero attached hydrogens (tertiary/aromatic N) is 2. The van der Waals surface area contributed by atoms with Gasteiger partial charge in [-0.15, -0.1) is 0 Å². The maximum atomic E-state index is 13.9. The molecule has 0 aromatic heterocycles. The second-order valence-corrected chi connectivity index (χ2v) is 7.03. The summed E-state index contributed by atoms with van der Waals surface area (Å²) in [5.41, 5.74) is 2.14. The minimum atomic E-state index is -1.14. The van der Waals surface area contributed by atoms with Gasteiger partial charge in [0.05, 0.1) is 6.54 Å². The monoisotopic (exact) mass is 347 g/mol. The summed E-state index contributed by atoms with van der Waals surface area (Å²) in [5, 5.41) is 2.82. The summed E-state index contributed by atoms with van der Waals surface area (Å²) in [5.74, 6) is -0.106. The number of likely N-dealkylation sites (tertiary alicyclic amines) is 2. The van der Waals surface area contributed by atoms with Crippen LogP contribution < -0.4 is 5.32 Å². The highest BCUT2D eigenvalue weighted by Gasteiger charge is 2.41. The Labute approximate surface area is 148 Å². The highest BCUT2D eigenvalue weighted by atomic mass is 19.1. The van der Waals surface area contributed by atoms with Crippen LogP contribution in [-0.2, 0) is 11.3 Å². The van der Waals surface area contributed by atoms with Gasteiger partial charge < -0.3 is 15.1 Å². The van der Waals surface area contributed by atoms with Gasteiger partial charge >= 0.3 is 6.03 Å². The van der Waals surface area contributed by atoms with Gasteiger partial charge in [0, 0.05) is 26.1 Å². The van der Waals surface area contributed by atoms with Gasteiger partial charge in [0.1, 0.15) is 12.2 Å². The molecule has 2 heterocycles. The largest absolute Gasteiger partial charge is 0.341 e. The van der Waals surface area contributed by atoms with Crippen LogP contribution in [0.5, 0.6) is 0 Å². The lowest BCUT2D eigenvalue weighted by Crippen LogP contribution is -2.51. The van der Waals surface area contributed by atoms with E-state index in [1.54, 1.807) is 4.90 Å². The predicted molar refractivity (Wildman–Crippen MR) is 93.9 cm³/mol. The molecule has 0 radical (unpaired) electrons. The molecule has 2 fully saturated rings. The second-order valence-electron chi connectivity index (χ2n) is 7.03.